The first-order chi connectivity index (χ1) is 9.39. The van der Waals surface area contributed by atoms with E-state index in [-0.39, 0.29) is 0 Å². The topological polar surface area (TPSA) is 76.0 Å². The van der Waals surface area contributed by atoms with Crippen LogP contribution in [0.15, 0.2) is 4.47 Å². The van der Waals surface area contributed by atoms with Crippen molar-refractivity contribution in [3.8, 4) is 0 Å². The standard InChI is InChI=1S/C12H23BrN4O2S/c1-4-10-12(13)11(17(5-2)16-10)9-14-7-6-8-15-20(3,18)19/h14-15H,4-9H2,1-3H3. The molecule has 6 nitrogen and oxygen atoms in total. The van der Waals surface area contributed by atoms with E-state index < -0.39 is 10.0 Å². The molecule has 0 aliphatic carbocycles. The fourth-order valence-corrected chi connectivity index (χ4v) is 3.08. The maximum Gasteiger partial charge on any atom is 0.208 e. The van der Waals surface area contributed by atoms with E-state index in [4.69, 9.17) is 0 Å². The second kappa shape index (κ2) is 8.11. The summed E-state index contributed by atoms with van der Waals surface area (Å²) in [5, 5.41) is 7.85. The van der Waals surface area contributed by atoms with E-state index >= 15 is 0 Å². The largest absolute Gasteiger partial charge is 0.311 e. The van der Waals surface area contributed by atoms with Crippen molar-refractivity contribution in [2.45, 2.75) is 39.8 Å². The summed E-state index contributed by atoms with van der Waals surface area (Å²) in [6.07, 6.45) is 2.83. The van der Waals surface area contributed by atoms with Gasteiger partial charge in [-0.15, -0.1) is 0 Å². The molecule has 0 spiro atoms. The average molecular weight is 367 g/mol. The van der Waals surface area contributed by atoms with Gasteiger partial charge in [0.15, 0.2) is 0 Å². The maximum absolute atomic E-state index is 10.9. The Morgan fingerprint density at radius 2 is 2.00 bits per heavy atom. The first kappa shape index (κ1) is 17.6. The lowest BCUT2D eigenvalue weighted by atomic mass is 10.3. The van der Waals surface area contributed by atoms with Crippen molar-refractivity contribution in [2.24, 2.45) is 0 Å². The lowest BCUT2D eigenvalue weighted by Gasteiger charge is -2.07. The van der Waals surface area contributed by atoms with E-state index in [1.807, 2.05) is 4.68 Å². The number of sulfonamides is 1. The zero-order valence-electron chi connectivity index (χ0n) is 12.2. The van der Waals surface area contributed by atoms with Crippen molar-refractivity contribution in [2.75, 3.05) is 19.3 Å². The van der Waals surface area contributed by atoms with E-state index in [1.165, 1.54) is 6.26 Å². The lowest BCUT2D eigenvalue weighted by molar-refractivity contribution is 0.560. The van der Waals surface area contributed by atoms with Gasteiger partial charge < -0.3 is 5.32 Å². The van der Waals surface area contributed by atoms with Crippen LogP contribution >= 0.6 is 15.9 Å². The van der Waals surface area contributed by atoms with Crippen LogP contribution in [0, 0.1) is 0 Å². The van der Waals surface area contributed by atoms with Crippen LogP contribution < -0.4 is 10.0 Å². The Morgan fingerprint density at radius 1 is 1.30 bits per heavy atom. The van der Waals surface area contributed by atoms with E-state index in [2.05, 4.69) is 44.9 Å². The molecule has 0 atom stereocenters. The third kappa shape index (κ3) is 5.51. The molecule has 0 aromatic carbocycles. The van der Waals surface area contributed by atoms with Gasteiger partial charge in [-0.1, -0.05) is 6.92 Å². The molecule has 2 N–H and O–H groups in total. The third-order valence-electron chi connectivity index (χ3n) is 2.88. The van der Waals surface area contributed by atoms with E-state index in [0.29, 0.717) is 6.54 Å². The first-order valence-electron chi connectivity index (χ1n) is 6.78. The molecule has 0 aliphatic heterocycles. The minimum Gasteiger partial charge on any atom is -0.311 e. The van der Waals surface area contributed by atoms with Gasteiger partial charge in [-0.05, 0) is 42.2 Å². The van der Waals surface area contributed by atoms with Crippen molar-refractivity contribution in [1.82, 2.24) is 19.8 Å². The highest BCUT2D eigenvalue weighted by Crippen LogP contribution is 2.22. The lowest BCUT2D eigenvalue weighted by Crippen LogP contribution is -2.26. The molecule has 0 unspecified atom stereocenters. The summed E-state index contributed by atoms with van der Waals surface area (Å²) in [7, 11) is -3.08. The third-order valence-corrected chi connectivity index (χ3v) is 4.53. The van der Waals surface area contributed by atoms with Gasteiger partial charge in [0.1, 0.15) is 0 Å². The van der Waals surface area contributed by atoms with Crippen LogP contribution in [0.2, 0.25) is 0 Å². The summed E-state index contributed by atoms with van der Waals surface area (Å²) in [5.74, 6) is 0. The number of aryl methyl sites for hydroxylation is 2. The molecule has 20 heavy (non-hydrogen) atoms. The van der Waals surface area contributed by atoms with Crippen molar-refractivity contribution in [3.05, 3.63) is 15.9 Å². The number of nitrogens with zero attached hydrogens (tertiary/aromatic N) is 2. The Hall–Kier alpha value is -0.440. The molecule has 116 valence electrons. The number of hydrogen-bond acceptors (Lipinski definition) is 4. The number of hydrogen-bond donors (Lipinski definition) is 2. The van der Waals surface area contributed by atoms with Gasteiger partial charge in [-0.25, -0.2) is 13.1 Å². The molecule has 0 saturated heterocycles. The smallest absolute Gasteiger partial charge is 0.208 e. The summed E-state index contributed by atoms with van der Waals surface area (Å²) in [6, 6.07) is 0. The number of aromatic nitrogens is 2. The normalized spacial score (nSPS) is 12.0. The molecule has 8 heteroatoms. The zero-order chi connectivity index (χ0) is 15.2. The molecular weight excluding hydrogens is 344 g/mol. The number of halogens is 1. The quantitative estimate of drug-likeness (QED) is 0.645. The molecule has 0 bridgehead atoms. The minimum absolute atomic E-state index is 0.459. The minimum atomic E-state index is -3.08. The van der Waals surface area contributed by atoms with Crippen LogP contribution in [0.1, 0.15) is 31.7 Å². The van der Waals surface area contributed by atoms with Crippen LogP contribution in [0.3, 0.4) is 0 Å². The van der Waals surface area contributed by atoms with E-state index in [1.54, 1.807) is 0 Å². The van der Waals surface area contributed by atoms with E-state index in [0.717, 1.165) is 48.3 Å². The van der Waals surface area contributed by atoms with Crippen LogP contribution in [0.4, 0.5) is 0 Å². The summed E-state index contributed by atoms with van der Waals surface area (Å²) >= 11 is 3.60. The molecule has 1 aromatic heterocycles. The molecule has 0 aliphatic rings. The predicted molar refractivity (Wildman–Crippen MR) is 84.1 cm³/mol. The highest BCUT2D eigenvalue weighted by molar-refractivity contribution is 9.10. The van der Waals surface area contributed by atoms with Gasteiger partial charge in [0.05, 0.1) is 22.1 Å². The highest BCUT2D eigenvalue weighted by atomic mass is 79.9. The first-order valence-corrected chi connectivity index (χ1v) is 9.46. The van der Waals surface area contributed by atoms with Gasteiger partial charge in [-0.3, -0.25) is 4.68 Å². The summed E-state index contributed by atoms with van der Waals surface area (Å²) in [6.45, 7) is 6.93. The number of nitrogens with one attached hydrogen (secondary N) is 2. The Bertz CT molecular complexity index is 528. The molecule has 0 saturated carbocycles. The van der Waals surface area contributed by atoms with Crippen molar-refractivity contribution < 1.29 is 8.42 Å². The highest BCUT2D eigenvalue weighted by Gasteiger charge is 2.12. The maximum atomic E-state index is 10.9. The fourth-order valence-electron chi connectivity index (χ4n) is 1.86. The Labute approximate surface area is 129 Å². The van der Waals surface area contributed by atoms with Crippen LogP contribution in [0.5, 0.6) is 0 Å². The number of rotatable bonds is 9. The fraction of sp³-hybridized carbons (Fsp3) is 0.750. The van der Waals surface area contributed by atoms with Crippen molar-refractivity contribution >= 4 is 26.0 Å². The van der Waals surface area contributed by atoms with Gasteiger partial charge in [0, 0.05) is 19.6 Å². The second-order valence-corrected chi connectivity index (χ2v) is 7.20. The Kier molecular flexibility index (Phi) is 7.14. The molecule has 0 radical (unpaired) electrons. The SMILES string of the molecule is CCc1nn(CC)c(CNCCCNS(C)(=O)=O)c1Br. The van der Waals surface area contributed by atoms with E-state index in [9.17, 15) is 8.42 Å². The summed E-state index contributed by atoms with van der Waals surface area (Å²) < 4.78 is 27.3. The van der Waals surface area contributed by atoms with Gasteiger partial charge in [0.25, 0.3) is 0 Å². The molecule has 0 fully saturated rings. The average Bonchev–Trinajstić information content (AvgIpc) is 2.68. The van der Waals surface area contributed by atoms with Gasteiger partial charge >= 0.3 is 0 Å². The van der Waals surface area contributed by atoms with Crippen molar-refractivity contribution in [3.63, 3.8) is 0 Å². The van der Waals surface area contributed by atoms with Crippen LogP contribution in [0.25, 0.3) is 0 Å². The second-order valence-electron chi connectivity index (χ2n) is 4.57. The monoisotopic (exact) mass is 366 g/mol. The van der Waals surface area contributed by atoms with Crippen LogP contribution in [-0.2, 0) is 29.5 Å². The molecule has 0 amide bonds. The zero-order valence-corrected chi connectivity index (χ0v) is 14.6. The summed E-state index contributed by atoms with van der Waals surface area (Å²) in [5.41, 5.74) is 2.21. The Morgan fingerprint density at radius 3 is 2.55 bits per heavy atom. The van der Waals surface area contributed by atoms with Gasteiger partial charge in [0.2, 0.25) is 10.0 Å². The molecule has 1 rings (SSSR count). The summed E-state index contributed by atoms with van der Waals surface area (Å²) in [4.78, 5) is 0. The van der Waals surface area contributed by atoms with Crippen molar-refractivity contribution in [1.29, 1.82) is 0 Å². The van der Waals surface area contributed by atoms with Gasteiger partial charge in [-0.2, -0.15) is 5.10 Å². The molecule has 1 aromatic rings. The molecule has 1 heterocycles. The predicted octanol–water partition coefficient (Wildman–Crippen LogP) is 1.26. The van der Waals surface area contributed by atoms with Crippen LogP contribution in [-0.4, -0.2) is 37.5 Å². The Balaban J connectivity index is 2.40. The molecular formula is C12H23BrN4O2S.